The second-order valence-corrected chi connectivity index (χ2v) is 3.36. The van der Waals surface area contributed by atoms with E-state index < -0.39 is 0 Å². The standard InChI is InChI=1S/C10H15N3O2/c1-8(2)15-10(14)7-11-6-9-4-3-5-12-13-9/h3-5,8,11H,6-7H2,1-2H3. The Labute approximate surface area is 88.9 Å². The minimum atomic E-state index is -0.256. The molecule has 0 aliphatic carbocycles. The molecule has 0 fully saturated rings. The topological polar surface area (TPSA) is 64.1 Å². The summed E-state index contributed by atoms with van der Waals surface area (Å²) in [6.07, 6.45) is 1.53. The van der Waals surface area contributed by atoms with E-state index in [1.54, 1.807) is 12.3 Å². The van der Waals surface area contributed by atoms with Gasteiger partial charge in [0.1, 0.15) is 0 Å². The molecular formula is C10H15N3O2. The summed E-state index contributed by atoms with van der Waals surface area (Å²) < 4.78 is 4.95. The molecule has 1 rings (SSSR count). The van der Waals surface area contributed by atoms with Gasteiger partial charge in [0.15, 0.2) is 0 Å². The summed E-state index contributed by atoms with van der Waals surface area (Å²) in [6, 6.07) is 3.64. The monoisotopic (exact) mass is 209 g/mol. The van der Waals surface area contributed by atoms with E-state index in [1.807, 2.05) is 19.9 Å². The molecule has 15 heavy (non-hydrogen) atoms. The third-order valence-corrected chi connectivity index (χ3v) is 1.57. The van der Waals surface area contributed by atoms with Gasteiger partial charge in [0.2, 0.25) is 0 Å². The van der Waals surface area contributed by atoms with Gasteiger partial charge in [-0.3, -0.25) is 4.79 Å². The first-order valence-corrected chi connectivity index (χ1v) is 4.85. The number of ether oxygens (including phenoxy) is 1. The Morgan fingerprint density at radius 3 is 3.00 bits per heavy atom. The zero-order chi connectivity index (χ0) is 11.1. The summed E-state index contributed by atoms with van der Waals surface area (Å²) in [7, 11) is 0. The Balaban J connectivity index is 2.19. The van der Waals surface area contributed by atoms with Crippen LogP contribution in [0.2, 0.25) is 0 Å². The van der Waals surface area contributed by atoms with Crippen molar-refractivity contribution in [1.82, 2.24) is 15.5 Å². The second kappa shape index (κ2) is 6.08. The molecule has 0 bridgehead atoms. The summed E-state index contributed by atoms with van der Waals surface area (Å²) in [5, 5.41) is 10.5. The highest BCUT2D eigenvalue weighted by Crippen LogP contribution is 1.91. The number of rotatable bonds is 5. The van der Waals surface area contributed by atoms with E-state index in [9.17, 15) is 4.79 Å². The number of hydrogen-bond donors (Lipinski definition) is 1. The van der Waals surface area contributed by atoms with E-state index in [0.717, 1.165) is 5.69 Å². The third-order valence-electron chi connectivity index (χ3n) is 1.57. The molecule has 5 nitrogen and oxygen atoms in total. The van der Waals surface area contributed by atoms with Gasteiger partial charge in [-0.05, 0) is 26.0 Å². The van der Waals surface area contributed by atoms with Gasteiger partial charge in [-0.25, -0.2) is 0 Å². The summed E-state index contributed by atoms with van der Waals surface area (Å²) in [5.74, 6) is -0.256. The van der Waals surface area contributed by atoms with Crippen molar-refractivity contribution in [3.8, 4) is 0 Å². The van der Waals surface area contributed by atoms with E-state index >= 15 is 0 Å². The van der Waals surface area contributed by atoms with Gasteiger partial charge >= 0.3 is 5.97 Å². The van der Waals surface area contributed by atoms with Crippen LogP contribution in [0.15, 0.2) is 18.3 Å². The highest BCUT2D eigenvalue weighted by Gasteiger charge is 2.04. The fraction of sp³-hybridized carbons (Fsp3) is 0.500. The van der Waals surface area contributed by atoms with Crippen LogP contribution in [0.1, 0.15) is 19.5 Å². The Hall–Kier alpha value is -1.49. The Morgan fingerprint density at radius 1 is 1.60 bits per heavy atom. The number of nitrogens with one attached hydrogen (secondary N) is 1. The minimum Gasteiger partial charge on any atom is -0.462 e. The predicted molar refractivity (Wildman–Crippen MR) is 55.0 cm³/mol. The molecule has 1 heterocycles. The van der Waals surface area contributed by atoms with Crippen molar-refractivity contribution in [2.75, 3.05) is 6.54 Å². The van der Waals surface area contributed by atoms with Crippen molar-refractivity contribution < 1.29 is 9.53 Å². The maximum atomic E-state index is 11.1. The van der Waals surface area contributed by atoms with Crippen LogP contribution in [0.25, 0.3) is 0 Å². The van der Waals surface area contributed by atoms with Gasteiger partial charge in [0.25, 0.3) is 0 Å². The normalized spacial score (nSPS) is 10.3. The van der Waals surface area contributed by atoms with E-state index in [1.165, 1.54) is 0 Å². The van der Waals surface area contributed by atoms with E-state index in [2.05, 4.69) is 15.5 Å². The second-order valence-electron chi connectivity index (χ2n) is 3.36. The average Bonchev–Trinajstić information content (AvgIpc) is 2.18. The molecule has 0 saturated heterocycles. The molecule has 1 aromatic rings. The SMILES string of the molecule is CC(C)OC(=O)CNCc1cccnn1. The van der Waals surface area contributed by atoms with E-state index in [0.29, 0.717) is 6.54 Å². The Bertz CT molecular complexity index is 301. The van der Waals surface area contributed by atoms with Gasteiger partial charge in [0, 0.05) is 12.7 Å². The number of nitrogens with zero attached hydrogens (tertiary/aromatic N) is 2. The molecule has 0 unspecified atom stereocenters. The maximum Gasteiger partial charge on any atom is 0.320 e. The first kappa shape index (κ1) is 11.6. The lowest BCUT2D eigenvalue weighted by atomic mass is 10.4. The van der Waals surface area contributed by atoms with E-state index in [4.69, 9.17) is 4.74 Å². The van der Waals surface area contributed by atoms with Gasteiger partial charge in [0.05, 0.1) is 18.3 Å². The molecular weight excluding hydrogens is 194 g/mol. The lowest BCUT2D eigenvalue weighted by Crippen LogP contribution is -2.26. The zero-order valence-corrected chi connectivity index (χ0v) is 8.93. The van der Waals surface area contributed by atoms with Gasteiger partial charge in [-0.15, -0.1) is 0 Å². The lowest BCUT2D eigenvalue weighted by molar-refractivity contribution is -0.146. The van der Waals surface area contributed by atoms with Gasteiger partial charge in [-0.2, -0.15) is 10.2 Å². The molecule has 0 atom stereocenters. The van der Waals surface area contributed by atoms with Crippen LogP contribution in [-0.4, -0.2) is 28.8 Å². The molecule has 0 saturated carbocycles. The molecule has 5 heteroatoms. The van der Waals surface area contributed by atoms with Crippen LogP contribution in [0.5, 0.6) is 0 Å². The Morgan fingerprint density at radius 2 is 2.40 bits per heavy atom. The highest BCUT2D eigenvalue weighted by atomic mass is 16.5. The number of carbonyl (C=O) groups is 1. The summed E-state index contributed by atoms with van der Waals surface area (Å²) >= 11 is 0. The fourth-order valence-corrected chi connectivity index (χ4v) is 1.02. The lowest BCUT2D eigenvalue weighted by Gasteiger charge is -2.08. The summed E-state index contributed by atoms with van der Waals surface area (Å²) in [4.78, 5) is 11.1. The summed E-state index contributed by atoms with van der Waals surface area (Å²) in [6.45, 7) is 4.34. The minimum absolute atomic E-state index is 0.0733. The molecule has 0 amide bonds. The van der Waals surface area contributed by atoms with Gasteiger partial charge in [-0.1, -0.05) is 0 Å². The third kappa shape index (κ3) is 5.07. The molecule has 1 aromatic heterocycles. The number of hydrogen-bond acceptors (Lipinski definition) is 5. The van der Waals surface area contributed by atoms with Crippen LogP contribution in [0, 0.1) is 0 Å². The molecule has 0 spiro atoms. The Kier molecular flexibility index (Phi) is 4.70. The quantitative estimate of drug-likeness (QED) is 0.716. The highest BCUT2D eigenvalue weighted by molar-refractivity contribution is 5.71. The van der Waals surface area contributed by atoms with Crippen LogP contribution in [0.4, 0.5) is 0 Å². The van der Waals surface area contributed by atoms with Crippen LogP contribution < -0.4 is 5.32 Å². The van der Waals surface area contributed by atoms with Crippen LogP contribution >= 0.6 is 0 Å². The molecule has 82 valence electrons. The maximum absolute atomic E-state index is 11.1. The largest absolute Gasteiger partial charge is 0.462 e. The first-order valence-electron chi connectivity index (χ1n) is 4.85. The van der Waals surface area contributed by atoms with Gasteiger partial charge < -0.3 is 10.1 Å². The molecule has 1 N–H and O–H groups in total. The molecule has 0 aromatic carbocycles. The predicted octanol–water partition coefficient (Wildman–Crippen LogP) is 0.518. The van der Waals surface area contributed by atoms with Crippen molar-refractivity contribution in [3.63, 3.8) is 0 Å². The van der Waals surface area contributed by atoms with Crippen molar-refractivity contribution >= 4 is 5.97 Å². The van der Waals surface area contributed by atoms with Crippen molar-refractivity contribution in [2.24, 2.45) is 0 Å². The first-order chi connectivity index (χ1) is 7.18. The smallest absolute Gasteiger partial charge is 0.320 e. The molecule has 0 radical (unpaired) electrons. The molecule has 0 aliphatic heterocycles. The number of aromatic nitrogens is 2. The van der Waals surface area contributed by atoms with E-state index in [-0.39, 0.29) is 18.6 Å². The van der Waals surface area contributed by atoms with Crippen molar-refractivity contribution in [3.05, 3.63) is 24.0 Å². The molecule has 0 aliphatic rings. The van der Waals surface area contributed by atoms with Crippen LogP contribution in [-0.2, 0) is 16.1 Å². The fourth-order valence-electron chi connectivity index (χ4n) is 1.02. The number of esters is 1. The van der Waals surface area contributed by atoms with Crippen molar-refractivity contribution in [2.45, 2.75) is 26.5 Å². The summed E-state index contributed by atoms with van der Waals surface area (Å²) in [5.41, 5.74) is 0.801. The van der Waals surface area contributed by atoms with Crippen LogP contribution in [0.3, 0.4) is 0 Å². The average molecular weight is 209 g/mol. The number of carbonyl (C=O) groups excluding carboxylic acids is 1. The zero-order valence-electron chi connectivity index (χ0n) is 8.93. The van der Waals surface area contributed by atoms with Crippen molar-refractivity contribution in [1.29, 1.82) is 0 Å².